The van der Waals surface area contributed by atoms with Crippen molar-refractivity contribution in [3.8, 4) is 0 Å². The molecule has 2 heterocycles. The van der Waals surface area contributed by atoms with Crippen LogP contribution in [0, 0.1) is 0 Å². The zero-order valence-corrected chi connectivity index (χ0v) is 16.9. The first-order chi connectivity index (χ1) is 10.4. The van der Waals surface area contributed by atoms with E-state index in [0.29, 0.717) is 0 Å². The van der Waals surface area contributed by atoms with Crippen molar-refractivity contribution in [3.63, 3.8) is 0 Å². The average Bonchev–Trinajstić information content (AvgIpc) is 3.20. The van der Waals surface area contributed by atoms with Gasteiger partial charge in [0.05, 0.1) is 0 Å². The third-order valence-corrected chi connectivity index (χ3v) is 13.6. The highest BCUT2D eigenvalue weighted by Crippen LogP contribution is 2.20. The second-order valence-electron chi connectivity index (χ2n) is 8.08. The molecule has 0 unspecified atom stereocenters. The molecule has 2 saturated heterocycles. The van der Waals surface area contributed by atoms with Gasteiger partial charge >= 0.3 is 0 Å². The molecule has 0 bridgehead atoms. The summed E-state index contributed by atoms with van der Waals surface area (Å²) in [6.45, 7) is 15.4. The lowest BCUT2D eigenvalue weighted by molar-refractivity contribution is 0.528. The molecular weight excluding hydrogens is 300 g/mol. The molecule has 122 valence electrons. The van der Waals surface area contributed by atoms with Crippen molar-refractivity contribution >= 4 is 26.8 Å². The van der Waals surface area contributed by atoms with E-state index in [1.807, 2.05) is 0 Å². The quantitative estimate of drug-likeness (QED) is 0.782. The van der Waals surface area contributed by atoms with Crippen molar-refractivity contribution in [2.75, 3.05) is 26.2 Å². The lowest BCUT2D eigenvalue weighted by Gasteiger charge is -2.36. The van der Waals surface area contributed by atoms with Gasteiger partial charge < -0.3 is 9.13 Å². The van der Waals surface area contributed by atoms with Gasteiger partial charge in [0.25, 0.3) is 0 Å². The normalized spacial score (nSPS) is 21.6. The largest absolute Gasteiger partial charge is 0.320 e. The van der Waals surface area contributed by atoms with Crippen LogP contribution in [0.4, 0.5) is 0 Å². The Kier molecular flexibility index (Phi) is 4.65. The van der Waals surface area contributed by atoms with Gasteiger partial charge in [0.1, 0.15) is 0 Å². The van der Waals surface area contributed by atoms with Gasteiger partial charge in [-0.3, -0.25) is 0 Å². The van der Waals surface area contributed by atoms with Crippen LogP contribution < -0.4 is 10.4 Å². The molecule has 0 aliphatic carbocycles. The fourth-order valence-corrected chi connectivity index (χ4v) is 9.77. The first-order valence-corrected chi connectivity index (χ1v) is 14.9. The third kappa shape index (κ3) is 2.98. The molecule has 22 heavy (non-hydrogen) atoms. The van der Waals surface area contributed by atoms with Crippen LogP contribution in [0.5, 0.6) is 0 Å². The van der Waals surface area contributed by atoms with Crippen molar-refractivity contribution in [3.05, 3.63) is 24.3 Å². The Morgan fingerprint density at radius 2 is 0.864 bits per heavy atom. The smallest absolute Gasteiger partial charge is 0.154 e. The Morgan fingerprint density at radius 1 is 0.591 bits per heavy atom. The maximum atomic E-state index is 2.78. The molecule has 2 aliphatic heterocycles. The van der Waals surface area contributed by atoms with E-state index in [1.54, 1.807) is 10.4 Å². The fraction of sp³-hybridized carbons (Fsp3) is 0.667. The van der Waals surface area contributed by atoms with Crippen LogP contribution >= 0.6 is 0 Å². The van der Waals surface area contributed by atoms with Gasteiger partial charge in [-0.25, -0.2) is 0 Å². The molecule has 0 N–H and O–H groups in total. The molecule has 0 aromatic heterocycles. The maximum Gasteiger partial charge on any atom is 0.154 e. The molecule has 0 atom stereocenters. The summed E-state index contributed by atoms with van der Waals surface area (Å²) in [7, 11) is -2.85. The predicted octanol–water partition coefficient (Wildman–Crippen LogP) is 2.70. The molecule has 1 aromatic rings. The summed E-state index contributed by atoms with van der Waals surface area (Å²) in [4.78, 5) is 0. The minimum atomic E-state index is -1.42. The Bertz CT molecular complexity index is 451. The molecule has 0 amide bonds. The minimum absolute atomic E-state index is 1.31. The molecular formula is C18H32N2Si2. The second-order valence-corrected chi connectivity index (χ2v) is 16.7. The van der Waals surface area contributed by atoms with Crippen molar-refractivity contribution < 1.29 is 0 Å². The van der Waals surface area contributed by atoms with Crippen molar-refractivity contribution in [2.24, 2.45) is 0 Å². The van der Waals surface area contributed by atoms with Crippen molar-refractivity contribution in [1.82, 2.24) is 9.13 Å². The fourth-order valence-electron chi connectivity index (χ4n) is 4.20. The van der Waals surface area contributed by atoms with E-state index in [1.165, 1.54) is 51.9 Å². The van der Waals surface area contributed by atoms with Gasteiger partial charge in [0, 0.05) is 0 Å². The van der Waals surface area contributed by atoms with E-state index in [-0.39, 0.29) is 0 Å². The van der Waals surface area contributed by atoms with Crippen molar-refractivity contribution in [2.45, 2.75) is 51.9 Å². The number of hydrogen-bond donors (Lipinski definition) is 0. The van der Waals surface area contributed by atoms with Crippen molar-refractivity contribution in [1.29, 1.82) is 0 Å². The summed E-state index contributed by atoms with van der Waals surface area (Å²) in [5, 5.41) is 3.23. The van der Waals surface area contributed by atoms with E-state index < -0.39 is 16.5 Å². The maximum absolute atomic E-state index is 2.78. The molecule has 2 fully saturated rings. The Morgan fingerprint density at radius 3 is 1.14 bits per heavy atom. The standard InChI is InChI=1S/C18H32N2Si2/c1-21(2,19-13-5-6-14-19)17-9-11-18(12-10-17)22(3,4)20-15-7-8-16-20/h9-12H,5-8,13-16H2,1-4H3. The summed E-state index contributed by atoms with van der Waals surface area (Å²) in [5.41, 5.74) is 0. The number of nitrogens with zero attached hydrogens (tertiary/aromatic N) is 2. The highest BCUT2D eigenvalue weighted by Gasteiger charge is 2.35. The summed E-state index contributed by atoms with van der Waals surface area (Å²) in [5.74, 6) is 0. The van der Waals surface area contributed by atoms with E-state index in [2.05, 4.69) is 59.6 Å². The van der Waals surface area contributed by atoms with Crippen LogP contribution in [0.2, 0.25) is 26.2 Å². The van der Waals surface area contributed by atoms with Crippen LogP contribution in [0.15, 0.2) is 24.3 Å². The van der Waals surface area contributed by atoms with Gasteiger partial charge in [0.15, 0.2) is 16.5 Å². The van der Waals surface area contributed by atoms with Gasteiger partial charge in [-0.15, -0.1) is 0 Å². The van der Waals surface area contributed by atoms with Gasteiger partial charge in [-0.05, 0) is 62.2 Å². The van der Waals surface area contributed by atoms with Gasteiger partial charge in [-0.1, -0.05) is 50.5 Å². The molecule has 0 saturated carbocycles. The van der Waals surface area contributed by atoms with Crippen LogP contribution in [-0.4, -0.2) is 51.8 Å². The van der Waals surface area contributed by atoms with E-state index >= 15 is 0 Å². The van der Waals surface area contributed by atoms with Gasteiger partial charge in [0.2, 0.25) is 0 Å². The summed E-state index contributed by atoms with van der Waals surface area (Å²) in [6, 6.07) is 9.85. The van der Waals surface area contributed by atoms with E-state index in [0.717, 1.165) is 0 Å². The third-order valence-electron chi connectivity index (χ3n) is 6.09. The predicted molar refractivity (Wildman–Crippen MR) is 102 cm³/mol. The number of benzene rings is 1. The van der Waals surface area contributed by atoms with Crippen LogP contribution in [0.25, 0.3) is 0 Å². The van der Waals surface area contributed by atoms with E-state index in [4.69, 9.17) is 0 Å². The SMILES string of the molecule is C[Si](C)(c1ccc([Si](C)(C)N2CCCC2)cc1)N1CCCC1. The zero-order valence-electron chi connectivity index (χ0n) is 14.9. The topological polar surface area (TPSA) is 6.48 Å². The second kappa shape index (κ2) is 6.23. The Hall–Kier alpha value is -0.426. The van der Waals surface area contributed by atoms with Gasteiger partial charge in [-0.2, -0.15) is 0 Å². The Balaban J connectivity index is 1.80. The molecule has 0 radical (unpaired) electrons. The summed E-state index contributed by atoms with van der Waals surface area (Å²) >= 11 is 0. The first-order valence-electron chi connectivity index (χ1n) is 9.03. The highest BCUT2D eigenvalue weighted by molar-refractivity contribution is 6.89. The number of hydrogen-bond acceptors (Lipinski definition) is 2. The number of rotatable bonds is 4. The summed E-state index contributed by atoms with van der Waals surface area (Å²) in [6.07, 6.45) is 5.57. The van der Waals surface area contributed by atoms with Crippen LogP contribution in [0.3, 0.4) is 0 Å². The molecule has 3 rings (SSSR count). The molecule has 2 nitrogen and oxygen atoms in total. The molecule has 1 aromatic carbocycles. The van der Waals surface area contributed by atoms with Crippen LogP contribution in [0.1, 0.15) is 25.7 Å². The molecule has 2 aliphatic rings. The Labute approximate surface area is 138 Å². The zero-order chi connectivity index (χ0) is 15.8. The first kappa shape index (κ1) is 16.4. The molecule has 4 heteroatoms. The highest BCUT2D eigenvalue weighted by atomic mass is 28.3. The van der Waals surface area contributed by atoms with E-state index in [9.17, 15) is 0 Å². The molecule has 0 spiro atoms. The van der Waals surface area contributed by atoms with Crippen LogP contribution in [-0.2, 0) is 0 Å². The monoisotopic (exact) mass is 332 g/mol. The lowest BCUT2D eigenvalue weighted by atomic mass is 10.4. The summed E-state index contributed by atoms with van der Waals surface area (Å²) < 4.78 is 5.57. The lowest BCUT2D eigenvalue weighted by Crippen LogP contribution is -2.59. The average molecular weight is 333 g/mol. The minimum Gasteiger partial charge on any atom is -0.320 e.